The Morgan fingerprint density at radius 3 is 2.41 bits per heavy atom. The van der Waals surface area contributed by atoms with Crippen LogP contribution in [0.4, 0.5) is 17.2 Å². The van der Waals surface area contributed by atoms with Crippen molar-refractivity contribution in [2.45, 2.75) is 26.9 Å². The van der Waals surface area contributed by atoms with Crippen LogP contribution < -0.4 is 15.4 Å². The van der Waals surface area contributed by atoms with Crippen LogP contribution in [0.3, 0.4) is 0 Å². The molecule has 0 radical (unpaired) electrons. The Bertz CT molecular complexity index is 904. The molecule has 0 aliphatic heterocycles. The van der Waals surface area contributed by atoms with Crippen molar-refractivity contribution >= 4 is 23.1 Å². The van der Waals surface area contributed by atoms with Gasteiger partial charge in [0.25, 0.3) is 5.91 Å². The van der Waals surface area contributed by atoms with Gasteiger partial charge in [-0.3, -0.25) is 4.79 Å². The summed E-state index contributed by atoms with van der Waals surface area (Å²) < 4.78 is 5.60. The van der Waals surface area contributed by atoms with E-state index in [1.54, 1.807) is 18.3 Å². The SMILES string of the molecule is Cc1cccc(Nc2ccc(C(=O)Nc3ccc(OC(C)C)cc3)cn2)c1. The molecule has 138 valence electrons. The predicted molar refractivity (Wildman–Crippen MR) is 109 cm³/mol. The highest BCUT2D eigenvalue weighted by Gasteiger charge is 2.07. The van der Waals surface area contributed by atoms with Gasteiger partial charge in [-0.15, -0.1) is 0 Å². The van der Waals surface area contributed by atoms with Crippen LogP contribution in [0.1, 0.15) is 29.8 Å². The van der Waals surface area contributed by atoms with Gasteiger partial charge in [0.15, 0.2) is 0 Å². The van der Waals surface area contributed by atoms with Crippen molar-refractivity contribution in [2.24, 2.45) is 0 Å². The fourth-order valence-electron chi connectivity index (χ4n) is 2.57. The van der Waals surface area contributed by atoms with Crippen molar-refractivity contribution in [3.8, 4) is 5.75 Å². The van der Waals surface area contributed by atoms with E-state index in [9.17, 15) is 4.79 Å². The molecule has 0 saturated heterocycles. The molecule has 3 rings (SSSR count). The van der Waals surface area contributed by atoms with Crippen molar-refractivity contribution < 1.29 is 9.53 Å². The Morgan fingerprint density at radius 1 is 1.00 bits per heavy atom. The number of carbonyl (C=O) groups is 1. The van der Waals surface area contributed by atoms with Gasteiger partial charge < -0.3 is 15.4 Å². The number of aryl methyl sites for hydroxylation is 1. The Hall–Kier alpha value is -3.34. The average molecular weight is 361 g/mol. The highest BCUT2D eigenvalue weighted by molar-refractivity contribution is 6.04. The maximum Gasteiger partial charge on any atom is 0.257 e. The standard InChI is InChI=1S/C22H23N3O2/c1-15(2)27-20-10-8-18(9-11-20)25-22(26)17-7-12-21(23-14-17)24-19-6-4-5-16(3)13-19/h4-15H,1-3H3,(H,23,24)(H,25,26). The smallest absolute Gasteiger partial charge is 0.257 e. The fraction of sp³-hybridized carbons (Fsp3) is 0.182. The predicted octanol–water partition coefficient (Wildman–Crippen LogP) is 5.17. The monoisotopic (exact) mass is 361 g/mol. The Labute approximate surface area is 159 Å². The summed E-state index contributed by atoms with van der Waals surface area (Å²) in [5.41, 5.74) is 3.33. The molecule has 5 nitrogen and oxygen atoms in total. The number of hydrogen-bond donors (Lipinski definition) is 2. The van der Waals surface area contributed by atoms with Crippen LogP contribution in [0.2, 0.25) is 0 Å². The lowest BCUT2D eigenvalue weighted by molar-refractivity contribution is 0.102. The number of ether oxygens (including phenoxy) is 1. The normalized spacial score (nSPS) is 10.5. The first kappa shape index (κ1) is 18.5. The number of amides is 1. The summed E-state index contributed by atoms with van der Waals surface area (Å²) in [7, 11) is 0. The van der Waals surface area contributed by atoms with E-state index in [4.69, 9.17) is 4.74 Å². The summed E-state index contributed by atoms with van der Waals surface area (Å²) in [6, 6.07) is 18.9. The van der Waals surface area contributed by atoms with Gasteiger partial charge in [0.2, 0.25) is 0 Å². The minimum Gasteiger partial charge on any atom is -0.491 e. The van der Waals surface area contributed by atoms with Crippen molar-refractivity contribution in [2.75, 3.05) is 10.6 Å². The van der Waals surface area contributed by atoms with Crippen molar-refractivity contribution in [3.63, 3.8) is 0 Å². The number of hydrogen-bond acceptors (Lipinski definition) is 4. The first-order chi connectivity index (χ1) is 13.0. The lowest BCUT2D eigenvalue weighted by atomic mass is 10.2. The van der Waals surface area contributed by atoms with Crippen molar-refractivity contribution in [1.29, 1.82) is 0 Å². The minimum absolute atomic E-state index is 0.114. The van der Waals surface area contributed by atoms with E-state index in [1.807, 2.05) is 69.3 Å². The lowest BCUT2D eigenvalue weighted by Crippen LogP contribution is -2.12. The van der Waals surface area contributed by atoms with Gasteiger partial charge in [-0.25, -0.2) is 4.98 Å². The third-order valence-corrected chi connectivity index (χ3v) is 3.80. The second-order valence-electron chi connectivity index (χ2n) is 6.57. The minimum atomic E-state index is -0.206. The summed E-state index contributed by atoms with van der Waals surface area (Å²) in [5.74, 6) is 1.26. The zero-order chi connectivity index (χ0) is 19.2. The number of nitrogens with zero attached hydrogens (tertiary/aromatic N) is 1. The number of benzene rings is 2. The molecule has 3 aromatic rings. The zero-order valence-corrected chi connectivity index (χ0v) is 15.7. The molecule has 5 heteroatoms. The van der Waals surface area contributed by atoms with Crippen LogP contribution >= 0.6 is 0 Å². The van der Waals surface area contributed by atoms with Crippen LogP contribution in [0, 0.1) is 6.92 Å². The van der Waals surface area contributed by atoms with Crippen molar-refractivity contribution in [3.05, 3.63) is 78.0 Å². The lowest BCUT2D eigenvalue weighted by Gasteiger charge is -2.11. The van der Waals surface area contributed by atoms with Gasteiger partial charge in [0.05, 0.1) is 11.7 Å². The topological polar surface area (TPSA) is 63.2 Å². The number of pyridine rings is 1. The van der Waals surface area contributed by atoms with Gasteiger partial charge in [-0.05, 0) is 74.9 Å². The number of aromatic nitrogens is 1. The quantitative estimate of drug-likeness (QED) is 0.635. The van der Waals surface area contributed by atoms with Crippen LogP contribution in [-0.4, -0.2) is 17.0 Å². The molecule has 0 spiro atoms. The van der Waals surface area contributed by atoms with E-state index in [0.717, 1.165) is 11.4 Å². The van der Waals surface area contributed by atoms with E-state index < -0.39 is 0 Å². The largest absolute Gasteiger partial charge is 0.491 e. The molecule has 0 atom stereocenters. The molecule has 0 aliphatic rings. The number of carbonyl (C=O) groups excluding carboxylic acids is 1. The van der Waals surface area contributed by atoms with Crippen LogP contribution in [-0.2, 0) is 0 Å². The van der Waals surface area contributed by atoms with Gasteiger partial charge in [-0.1, -0.05) is 12.1 Å². The molecule has 1 amide bonds. The van der Waals surface area contributed by atoms with Crippen LogP contribution in [0.15, 0.2) is 66.9 Å². The maximum atomic E-state index is 12.4. The van der Waals surface area contributed by atoms with Gasteiger partial charge in [0, 0.05) is 17.6 Å². The second kappa shape index (κ2) is 8.36. The van der Waals surface area contributed by atoms with Gasteiger partial charge in [0.1, 0.15) is 11.6 Å². The van der Waals surface area contributed by atoms with Crippen LogP contribution in [0.25, 0.3) is 0 Å². The van der Waals surface area contributed by atoms with Gasteiger partial charge >= 0.3 is 0 Å². The third-order valence-electron chi connectivity index (χ3n) is 3.80. The Morgan fingerprint density at radius 2 is 1.78 bits per heavy atom. The van der Waals surface area contributed by atoms with Gasteiger partial charge in [-0.2, -0.15) is 0 Å². The molecule has 0 unspecified atom stereocenters. The van der Waals surface area contributed by atoms with E-state index in [2.05, 4.69) is 15.6 Å². The zero-order valence-electron chi connectivity index (χ0n) is 15.7. The van der Waals surface area contributed by atoms with Crippen molar-refractivity contribution in [1.82, 2.24) is 4.98 Å². The molecule has 0 fully saturated rings. The van der Waals surface area contributed by atoms with E-state index >= 15 is 0 Å². The molecule has 0 bridgehead atoms. The first-order valence-corrected chi connectivity index (χ1v) is 8.87. The fourth-order valence-corrected chi connectivity index (χ4v) is 2.57. The molecule has 0 aliphatic carbocycles. The first-order valence-electron chi connectivity index (χ1n) is 8.87. The third kappa shape index (κ3) is 5.31. The summed E-state index contributed by atoms with van der Waals surface area (Å²) in [5, 5.41) is 6.09. The molecule has 2 N–H and O–H groups in total. The van der Waals surface area contributed by atoms with E-state index in [1.165, 1.54) is 5.56 Å². The highest BCUT2D eigenvalue weighted by Crippen LogP contribution is 2.19. The molecule has 0 saturated carbocycles. The molecular weight excluding hydrogens is 338 g/mol. The van der Waals surface area contributed by atoms with Crippen LogP contribution in [0.5, 0.6) is 5.75 Å². The maximum absolute atomic E-state index is 12.4. The summed E-state index contributed by atoms with van der Waals surface area (Å²) in [6.45, 7) is 5.98. The molecule has 2 aromatic carbocycles. The van der Waals surface area contributed by atoms with E-state index in [0.29, 0.717) is 17.1 Å². The summed E-state index contributed by atoms with van der Waals surface area (Å²) in [4.78, 5) is 16.7. The molecule has 1 aromatic heterocycles. The molecule has 27 heavy (non-hydrogen) atoms. The highest BCUT2D eigenvalue weighted by atomic mass is 16.5. The van der Waals surface area contributed by atoms with E-state index in [-0.39, 0.29) is 12.0 Å². The molecular formula is C22H23N3O2. The number of anilines is 3. The summed E-state index contributed by atoms with van der Waals surface area (Å²) >= 11 is 0. The Balaban J connectivity index is 1.61. The average Bonchev–Trinajstić information content (AvgIpc) is 2.63. The summed E-state index contributed by atoms with van der Waals surface area (Å²) in [6.07, 6.45) is 1.67. The number of nitrogens with one attached hydrogen (secondary N) is 2. The Kier molecular flexibility index (Phi) is 5.71. The molecule has 1 heterocycles. The second-order valence-corrected chi connectivity index (χ2v) is 6.57. The number of rotatable bonds is 6.